The maximum Gasteiger partial charge on any atom is 0.335 e. The molecule has 1 heterocycles. The van der Waals surface area contributed by atoms with Gasteiger partial charge in [0.05, 0.1) is 13.7 Å². The van der Waals surface area contributed by atoms with Crippen molar-refractivity contribution in [1.82, 2.24) is 4.98 Å². The molecule has 0 aliphatic carbocycles. The number of benzene rings is 2. The van der Waals surface area contributed by atoms with Crippen LogP contribution in [0.3, 0.4) is 0 Å². The van der Waals surface area contributed by atoms with Gasteiger partial charge in [-0.15, -0.1) is 0 Å². The van der Waals surface area contributed by atoms with Crippen LogP contribution < -0.4 is 0 Å². The molecule has 0 fully saturated rings. The normalized spacial score (nSPS) is 12.2. The Kier molecular flexibility index (Phi) is 4.74. The van der Waals surface area contributed by atoms with Crippen LogP contribution in [0.5, 0.6) is 0 Å². The Labute approximate surface area is 135 Å². The fourth-order valence-electron chi connectivity index (χ4n) is 2.61. The first-order valence-electron chi connectivity index (χ1n) is 7.56. The number of carbonyl (C=O) groups is 1. The number of ether oxygens (including phenoxy) is 2. The van der Waals surface area contributed by atoms with Crippen molar-refractivity contribution in [2.24, 2.45) is 0 Å². The Bertz CT molecular complexity index is 779. The summed E-state index contributed by atoms with van der Waals surface area (Å²) in [5.74, 6) is -0.355. The lowest BCUT2D eigenvalue weighted by Crippen LogP contribution is -2.27. The summed E-state index contributed by atoms with van der Waals surface area (Å²) >= 11 is 0. The van der Waals surface area contributed by atoms with Gasteiger partial charge >= 0.3 is 5.97 Å². The molecular formula is C19H19NO3. The molecule has 0 saturated carbocycles. The van der Waals surface area contributed by atoms with Crippen LogP contribution in [-0.4, -0.2) is 24.2 Å². The van der Waals surface area contributed by atoms with Gasteiger partial charge in [-0.05, 0) is 17.2 Å². The minimum absolute atomic E-state index is 0.355. The predicted octanol–water partition coefficient (Wildman–Crippen LogP) is 3.47. The van der Waals surface area contributed by atoms with Crippen LogP contribution in [0.4, 0.5) is 0 Å². The Balaban J connectivity index is 1.75. The lowest BCUT2D eigenvalue weighted by Gasteiger charge is -2.15. The zero-order valence-electron chi connectivity index (χ0n) is 13.0. The third kappa shape index (κ3) is 3.60. The third-order valence-electron chi connectivity index (χ3n) is 3.84. The molecule has 4 nitrogen and oxygen atoms in total. The first-order valence-corrected chi connectivity index (χ1v) is 7.56. The molecule has 0 spiro atoms. The van der Waals surface area contributed by atoms with E-state index in [9.17, 15) is 4.79 Å². The summed E-state index contributed by atoms with van der Waals surface area (Å²) in [7, 11) is 1.39. The van der Waals surface area contributed by atoms with Crippen molar-refractivity contribution in [3.8, 4) is 0 Å². The van der Waals surface area contributed by atoms with Gasteiger partial charge in [-0.2, -0.15) is 0 Å². The zero-order valence-corrected chi connectivity index (χ0v) is 13.0. The maximum absolute atomic E-state index is 12.0. The zero-order chi connectivity index (χ0) is 16.1. The Morgan fingerprint density at radius 1 is 1.09 bits per heavy atom. The fraction of sp³-hybridized carbons (Fsp3) is 0.211. The molecule has 0 aliphatic heterocycles. The first-order chi connectivity index (χ1) is 11.3. The second kappa shape index (κ2) is 7.11. The highest BCUT2D eigenvalue weighted by Gasteiger charge is 2.22. The van der Waals surface area contributed by atoms with E-state index in [1.165, 1.54) is 7.11 Å². The molecule has 0 aliphatic rings. The SMILES string of the molecule is COC(=O)[C@H](Cc1c[nH]c2ccccc12)OCc1ccccc1. The molecule has 118 valence electrons. The second-order valence-electron chi connectivity index (χ2n) is 5.37. The van der Waals surface area contributed by atoms with Crippen molar-refractivity contribution in [1.29, 1.82) is 0 Å². The van der Waals surface area contributed by atoms with Crippen LogP contribution in [0.2, 0.25) is 0 Å². The number of fused-ring (bicyclic) bond motifs is 1. The van der Waals surface area contributed by atoms with Crippen molar-refractivity contribution in [2.75, 3.05) is 7.11 Å². The van der Waals surface area contributed by atoms with Gasteiger partial charge in [0.2, 0.25) is 0 Å². The molecule has 0 radical (unpaired) electrons. The lowest BCUT2D eigenvalue weighted by atomic mass is 10.1. The number of hydrogen-bond acceptors (Lipinski definition) is 3. The molecule has 4 heteroatoms. The molecule has 0 saturated heterocycles. The van der Waals surface area contributed by atoms with Crippen LogP contribution >= 0.6 is 0 Å². The molecule has 3 rings (SSSR count). The fourth-order valence-corrected chi connectivity index (χ4v) is 2.61. The third-order valence-corrected chi connectivity index (χ3v) is 3.84. The Morgan fingerprint density at radius 2 is 1.83 bits per heavy atom. The molecule has 1 aromatic heterocycles. The standard InChI is InChI=1S/C19H19NO3/c1-22-19(21)18(23-13-14-7-3-2-4-8-14)11-15-12-20-17-10-6-5-9-16(15)17/h2-10,12,18,20H,11,13H2,1H3/t18-/m0/s1. The molecule has 1 atom stereocenters. The van der Waals surface area contributed by atoms with Crippen molar-refractivity contribution >= 4 is 16.9 Å². The first kappa shape index (κ1) is 15.3. The predicted molar refractivity (Wildman–Crippen MR) is 89.0 cm³/mol. The van der Waals surface area contributed by atoms with Crippen LogP contribution in [0.1, 0.15) is 11.1 Å². The number of H-pyrrole nitrogens is 1. The van der Waals surface area contributed by atoms with Crippen LogP contribution in [0.15, 0.2) is 60.8 Å². The highest BCUT2D eigenvalue weighted by atomic mass is 16.6. The average Bonchev–Trinajstić information content (AvgIpc) is 3.02. The average molecular weight is 309 g/mol. The maximum atomic E-state index is 12.0. The van der Waals surface area contributed by atoms with E-state index in [4.69, 9.17) is 9.47 Å². The molecule has 0 unspecified atom stereocenters. The van der Waals surface area contributed by atoms with Crippen molar-refractivity contribution in [2.45, 2.75) is 19.1 Å². The van der Waals surface area contributed by atoms with Gasteiger partial charge in [-0.25, -0.2) is 4.79 Å². The van der Waals surface area contributed by atoms with Crippen LogP contribution in [0.25, 0.3) is 10.9 Å². The molecule has 3 aromatic rings. The van der Waals surface area contributed by atoms with E-state index >= 15 is 0 Å². The van der Waals surface area contributed by atoms with E-state index in [1.807, 2.05) is 60.8 Å². The number of nitrogens with one attached hydrogen (secondary N) is 1. The van der Waals surface area contributed by atoms with E-state index in [-0.39, 0.29) is 5.97 Å². The van der Waals surface area contributed by atoms with Gasteiger partial charge in [-0.1, -0.05) is 48.5 Å². The van der Waals surface area contributed by atoms with Crippen molar-refractivity contribution < 1.29 is 14.3 Å². The number of aromatic amines is 1. The van der Waals surface area contributed by atoms with E-state index in [0.717, 1.165) is 22.0 Å². The van der Waals surface area contributed by atoms with Gasteiger partial charge in [0.15, 0.2) is 6.10 Å². The topological polar surface area (TPSA) is 51.3 Å². The largest absolute Gasteiger partial charge is 0.467 e. The minimum atomic E-state index is -0.626. The van der Waals surface area contributed by atoms with E-state index in [1.54, 1.807) is 0 Å². The van der Waals surface area contributed by atoms with E-state index in [2.05, 4.69) is 4.98 Å². The summed E-state index contributed by atoms with van der Waals surface area (Å²) in [6, 6.07) is 17.8. The van der Waals surface area contributed by atoms with Gasteiger partial charge in [0.1, 0.15) is 0 Å². The number of esters is 1. The summed E-state index contributed by atoms with van der Waals surface area (Å²) < 4.78 is 10.7. The van der Waals surface area contributed by atoms with Crippen molar-refractivity contribution in [3.63, 3.8) is 0 Å². The summed E-state index contributed by atoms with van der Waals surface area (Å²) in [6.45, 7) is 0.378. The van der Waals surface area contributed by atoms with Crippen LogP contribution in [-0.2, 0) is 27.3 Å². The van der Waals surface area contributed by atoms with Gasteiger partial charge in [-0.3, -0.25) is 0 Å². The van der Waals surface area contributed by atoms with Gasteiger partial charge in [0, 0.05) is 23.5 Å². The van der Waals surface area contributed by atoms with Crippen LogP contribution in [0, 0.1) is 0 Å². The highest BCUT2D eigenvalue weighted by Crippen LogP contribution is 2.20. The number of hydrogen-bond donors (Lipinski definition) is 1. The minimum Gasteiger partial charge on any atom is -0.467 e. The second-order valence-corrected chi connectivity index (χ2v) is 5.37. The number of aromatic nitrogens is 1. The number of rotatable bonds is 6. The molecule has 1 N–H and O–H groups in total. The highest BCUT2D eigenvalue weighted by molar-refractivity contribution is 5.84. The summed E-state index contributed by atoms with van der Waals surface area (Å²) in [5.41, 5.74) is 3.12. The smallest absolute Gasteiger partial charge is 0.335 e. The van der Waals surface area contributed by atoms with E-state index < -0.39 is 6.10 Å². The monoisotopic (exact) mass is 309 g/mol. The Hall–Kier alpha value is -2.59. The van der Waals surface area contributed by atoms with Gasteiger partial charge < -0.3 is 14.5 Å². The quantitative estimate of drug-likeness (QED) is 0.709. The number of carbonyl (C=O) groups excluding carboxylic acids is 1. The molecule has 23 heavy (non-hydrogen) atoms. The van der Waals surface area contributed by atoms with E-state index in [0.29, 0.717) is 13.0 Å². The number of para-hydroxylation sites is 1. The lowest BCUT2D eigenvalue weighted by molar-refractivity contribution is -0.154. The Morgan fingerprint density at radius 3 is 2.61 bits per heavy atom. The van der Waals surface area contributed by atoms with Gasteiger partial charge in [0.25, 0.3) is 0 Å². The number of methoxy groups -OCH3 is 1. The summed E-state index contributed by atoms with van der Waals surface area (Å²) in [5, 5.41) is 1.10. The molecular weight excluding hydrogens is 290 g/mol. The molecule has 0 bridgehead atoms. The molecule has 0 amide bonds. The summed E-state index contributed by atoms with van der Waals surface area (Å²) in [6.07, 6.45) is 1.77. The summed E-state index contributed by atoms with van der Waals surface area (Å²) in [4.78, 5) is 15.3. The molecule has 2 aromatic carbocycles. The van der Waals surface area contributed by atoms with Crippen molar-refractivity contribution in [3.05, 3.63) is 71.9 Å².